The first-order valence-corrected chi connectivity index (χ1v) is 6.13. The maximum atomic E-state index is 12.8. The third kappa shape index (κ3) is 2.51. The molecule has 2 aromatic rings. The number of aromatic nitrogens is 1. The van der Waals surface area contributed by atoms with Crippen molar-refractivity contribution in [3.63, 3.8) is 0 Å². The Morgan fingerprint density at radius 3 is 2.57 bits per heavy atom. The number of nitrogens with zero attached hydrogens (tertiary/aromatic N) is 1. The molecule has 112 valence electrons. The molecule has 1 heterocycles. The molecule has 0 spiro atoms. The fraction of sp³-hybridized carbons (Fsp3) is 0.286. The Morgan fingerprint density at radius 2 is 2.05 bits per heavy atom. The molecule has 0 saturated heterocycles. The lowest BCUT2D eigenvalue weighted by Crippen LogP contribution is -2.11. The monoisotopic (exact) mass is 299 g/mol. The lowest BCUT2D eigenvalue weighted by Gasteiger charge is -2.06. The van der Waals surface area contributed by atoms with Crippen LogP contribution in [0, 0.1) is 0 Å². The standard InChI is InChI=1S/C14H12F3NO3/c1-3-21-13(20)12-10(7-19)9-6-8(14(15,16)17)4-5-11(9)18(12)2/h4-7H,3H2,1-2H3. The number of hydrogen-bond donors (Lipinski definition) is 0. The van der Waals surface area contributed by atoms with Crippen LogP contribution in [0.4, 0.5) is 13.2 Å². The third-order valence-electron chi connectivity index (χ3n) is 3.15. The van der Waals surface area contributed by atoms with E-state index >= 15 is 0 Å². The number of aryl methyl sites for hydroxylation is 1. The molecular formula is C14H12F3NO3. The highest BCUT2D eigenvalue weighted by molar-refractivity contribution is 6.08. The van der Waals surface area contributed by atoms with Crippen LogP contribution < -0.4 is 0 Å². The van der Waals surface area contributed by atoms with Gasteiger partial charge in [0.25, 0.3) is 0 Å². The molecule has 0 atom stereocenters. The highest BCUT2D eigenvalue weighted by Crippen LogP contribution is 2.33. The summed E-state index contributed by atoms with van der Waals surface area (Å²) in [7, 11) is 1.49. The second kappa shape index (κ2) is 5.23. The second-order valence-electron chi connectivity index (χ2n) is 4.39. The van der Waals surface area contributed by atoms with Gasteiger partial charge in [0, 0.05) is 18.0 Å². The van der Waals surface area contributed by atoms with Crippen LogP contribution in [0.3, 0.4) is 0 Å². The summed E-state index contributed by atoms with van der Waals surface area (Å²) in [4.78, 5) is 23.1. The number of hydrogen-bond acceptors (Lipinski definition) is 3. The molecule has 0 unspecified atom stereocenters. The average Bonchev–Trinajstić information content (AvgIpc) is 2.70. The van der Waals surface area contributed by atoms with Gasteiger partial charge in [-0.2, -0.15) is 13.2 Å². The van der Waals surface area contributed by atoms with Crippen LogP contribution in [0.2, 0.25) is 0 Å². The first-order valence-electron chi connectivity index (χ1n) is 6.13. The normalized spacial score (nSPS) is 11.7. The van der Waals surface area contributed by atoms with Crippen molar-refractivity contribution in [3.8, 4) is 0 Å². The lowest BCUT2D eigenvalue weighted by atomic mass is 10.1. The van der Waals surface area contributed by atoms with E-state index in [1.807, 2.05) is 0 Å². The molecule has 0 saturated carbocycles. The van der Waals surface area contributed by atoms with Crippen molar-refractivity contribution in [1.29, 1.82) is 0 Å². The first kappa shape index (κ1) is 15.1. The van der Waals surface area contributed by atoms with Crippen molar-refractivity contribution < 1.29 is 27.5 Å². The van der Waals surface area contributed by atoms with Crippen LogP contribution in [0.1, 0.15) is 33.3 Å². The van der Waals surface area contributed by atoms with Gasteiger partial charge in [0.1, 0.15) is 5.69 Å². The molecule has 0 fully saturated rings. The molecule has 0 aliphatic rings. The zero-order valence-corrected chi connectivity index (χ0v) is 11.3. The first-order chi connectivity index (χ1) is 9.81. The maximum absolute atomic E-state index is 12.8. The minimum absolute atomic E-state index is 0.0545. The second-order valence-corrected chi connectivity index (χ2v) is 4.39. The van der Waals surface area contributed by atoms with E-state index in [1.54, 1.807) is 6.92 Å². The Balaban J connectivity index is 2.75. The fourth-order valence-electron chi connectivity index (χ4n) is 2.21. The number of ether oxygens (including phenoxy) is 1. The minimum atomic E-state index is -4.52. The van der Waals surface area contributed by atoms with Gasteiger partial charge in [-0.05, 0) is 25.1 Å². The number of fused-ring (bicyclic) bond motifs is 1. The van der Waals surface area contributed by atoms with E-state index in [2.05, 4.69) is 0 Å². The zero-order chi connectivity index (χ0) is 15.8. The molecule has 21 heavy (non-hydrogen) atoms. The number of benzene rings is 1. The number of alkyl halides is 3. The maximum Gasteiger partial charge on any atom is 0.416 e. The third-order valence-corrected chi connectivity index (χ3v) is 3.15. The van der Waals surface area contributed by atoms with E-state index in [9.17, 15) is 22.8 Å². The summed E-state index contributed by atoms with van der Waals surface area (Å²) in [6.07, 6.45) is -4.15. The molecule has 7 heteroatoms. The molecule has 1 aromatic heterocycles. The number of aldehydes is 1. The molecule has 4 nitrogen and oxygen atoms in total. The number of rotatable bonds is 3. The predicted octanol–water partition coefficient (Wildman–Crippen LogP) is 3.19. The molecule has 0 amide bonds. The number of carbonyl (C=O) groups is 2. The Kier molecular flexibility index (Phi) is 3.76. The molecule has 0 N–H and O–H groups in total. The zero-order valence-electron chi connectivity index (χ0n) is 11.3. The van der Waals surface area contributed by atoms with Gasteiger partial charge >= 0.3 is 12.1 Å². The van der Waals surface area contributed by atoms with E-state index in [4.69, 9.17) is 4.74 Å². The molecule has 1 aromatic carbocycles. The Labute approximate surface area is 118 Å². The van der Waals surface area contributed by atoms with E-state index in [1.165, 1.54) is 17.7 Å². The van der Waals surface area contributed by atoms with E-state index < -0.39 is 17.7 Å². The molecular weight excluding hydrogens is 287 g/mol. The highest BCUT2D eigenvalue weighted by atomic mass is 19.4. The average molecular weight is 299 g/mol. The molecule has 0 bridgehead atoms. The van der Waals surface area contributed by atoms with Crippen molar-refractivity contribution in [3.05, 3.63) is 35.0 Å². The fourth-order valence-corrected chi connectivity index (χ4v) is 2.21. The number of esters is 1. The van der Waals surface area contributed by atoms with E-state index in [0.717, 1.165) is 12.1 Å². The van der Waals surface area contributed by atoms with Crippen molar-refractivity contribution in [2.24, 2.45) is 7.05 Å². The van der Waals surface area contributed by atoms with Gasteiger partial charge in [-0.25, -0.2) is 4.79 Å². The Hall–Kier alpha value is -2.31. The van der Waals surface area contributed by atoms with Gasteiger partial charge in [0.15, 0.2) is 6.29 Å². The van der Waals surface area contributed by atoms with Gasteiger partial charge in [-0.15, -0.1) is 0 Å². The molecule has 0 radical (unpaired) electrons. The van der Waals surface area contributed by atoms with Gasteiger partial charge in [-0.3, -0.25) is 4.79 Å². The topological polar surface area (TPSA) is 48.3 Å². The summed E-state index contributed by atoms with van der Waals surface area (Å²) >= 11 is 0. The highest BCUT2D eigenvalue weighted by Gasteiger charge is 2.32. The summed E-state index contributed by atoms with van der Waals surface area (Å²) in [5.74, 6) is -0.744. The van der Waals surface area contributed by atoms with Crippen LogP contribution in [0.5, 0.6) is 0 Å². The Bertz CT molecular complexity index is 716. The van der Waals surface area contributed by atoms with Crippen LogP contribution in [-0.2, 0) is 18.0 Å². The summed E-state index contributed by atoms with van der Waals surface area (Å²) in [6.45, 7) is 1.70. The molecule has 0 aliphatic carbocycles. The van der Waals surface area contributed by atoms with E-state index in [-0.39, 0.29) is 23.3 Å². The van der Waals surface area contributed by atoms with E-state index in [0.29, 0.717) is 11.8 Å². The number of carbonyl (C=O) groups excluding carboxylic acids is 2. The quantitative estimate of drug-likeness (QED) is 0.646. The van der Waals surface area contributed by atoms with Crippen LogP contribution >= 0.6 is 0 Å². The van der Waals surface area contributed by atoms with Crippen LogP contribution in [0.15, 0.2) is 18.2 Å². The number of halogens is 3. The smallest absolute Gasteiger partial charge is 0.416 e. The SMILES string of the molecule is CCOC(=O)c1c(C=O)c2cc(C(F)(F)F)ccc2n1C. The van der Waals surface area contributed by atoms with Crippen molar-refractivity contribution in [2.75, 3.05) is 6.61 Å². The Morgan fingerprint density at radius 1 is 1.38 bits per heavy atom. The summed E-state index contributed by atoms with van der Waals surface area (Å²) in [5.41, 5.74) is -0.675. The lowest BCUT2D eigenvalue weighted by molar-refractivity contribution is -0.137. The van der Waals surface area contributed by atoms with Crippen molar-refractivity contribution in [2.45, 2.75) is 13.1 Å². The van der Waals surface area contributed by atoms with Gasteiger partial charge in [-0.1, -0.05) is 0 Å². The van der Waals surface area contributed by atoms with Gasteiger partial charge < -0.3 is 9.30 Å². The molecule has 0 aliphatic heterocycles. The van der Waals surface area contributed by atoms with Gasteiger partial charge in [0.2, 0.25) is 0 Å². The minimum Gasteiger partial charge on any atom is -0.461 e. The molecule has 2 rings (SSSR count). The van der Waals surface area contributed by atoms with Crippen LogP contribution in [0.25, 0.3) is 10.9 Å². The largest absolute Gasteiger partial charge is 0.461 e. The summed E-state index contributed by atoms with van der Waals surface area (Å²) in [6, 6.07) is 3.00. The summed E-state index contributed by atoms with van der Waals surface area (Å²) < 4.78 is 44.4. The predicted molar refractivity (Wildman–Crippen MR) is 69.3 cm³/mol. The van der Waals surface area contributed by atoms with Crippen molar-refractivity contribution in [1.82, 2.24) is 4.57 Å². The van der Waals surface area contributed by atoms with Crippen LogP contribution in [-0.4, -0.2) is 23.4 Å². The van der Waals surface area contributed by atoms with Gasteiger partial charge in [0.05, 0.1) is 17.7 Å². The summed E-state index contributed by atoms with van der Waals surface area (Å²) in [5, 5.41) is 0.0744. The van der Waals surface area contributed by atoms with Crippen molar-refractivity contribution >= 4 is 23.2 Å².